The van der Waals surface area contributed by atoms with Gasteiger partial charge in [-0.1, -0.05) is 6.07 Å². The molecule has 2 heterocycles. The summed E-state index contributed by atoms with van der Waals surface area (Å²) in [5.41, 5.74) is 0. The average Bonchev–Trinajstić information content (AvgIpc) is 2.70. The Kier molecular flexibility index (Phi) is 2.64. The fraction of sp³-hybridized carbons (Fsp3) is 0.500. The van der Waals surface area contributed by atoms with Gasteiger partial charge in [-0.15, -0.1) is 11.3 Å². The number of hydrogen-bond acceptors (Lipinski definition) is 2. The molecule has 3 heteroatoms. The minimum absolute atomic E-state index is 0.353. The van der Waals surface area contributed by atoms with Gasteiger partial charge in [-0.25, -0.2) is 0 Å². The van der Waals surface area contributed by atoms with Crippen LogP contribution in [0.2, 0.25) is 0 Å². The summed E-state index contributed by atoms with van der Waals surface area (Å²) in [7, 11) is 0. The van der Waals surface area contributed by atoms with Crippen molar-refractivity contribution in [2.24, 2.45) is 0 Å². The summed E-state index contributed by atoms with van der Waals surface area (Å²) in [6, 6.07) is 4.53. The van der Waals surface area contributed by atoms with Gasteiger partial charge in [0.1, 0.15) is 0 Å². The minimum Gasteiger partial charge on any atom is -0.337 e. The zero-order valence-corrected chi connectivity index (χ0v) is 8.30. The van der Waals surface area contributed by atoms with E-state index in [2.05, 4.69) is 17.5 Å². The fourth-order valence-electron chi connectivity index (χ4n) is 1.87. The molecule has 0 aliphatic carbocycles. The van der Waals surface area contributed by atoms with Crippen molar-refractivity contribution < 1.29 is 4.79 Å². The monoisotopic (exact) mass is 195 g/mol. The van der Waals surface area contributed by atoms with Gasteiger partial charge in [0.2, 0.25) is 6.41 Å². The Morgan fingerprint density at radius 2 is 2.46 bits per heavy atom. The van der Waals surface area contributed by atoms with E-state index >= 15 is 0 Å². The molecule has 1 aliphatic rings. The van der Waals surface area contributed by atoms with Gasteiger partial charge in [0.05, 0.1) is 6.04 Å². The third kappa shape index (κ3) is 1.75. The third-order valence-electron chi connectivity index (χ3n) is 2.55. The Bertz CT molecular complexity index is 270. The van der Waals surface area contributed by atoms with Crippen molar-refractivity contribution in [3.05, 3.63) is 22.4 Å². The molecule has 0 saturated carbocycles. The maximum absolute atomic E-state index is 10.8. The van der Waals surface area contributed by atoms with E-state index in [9.17, 15) is 4.79 Å². The van der Waals surface area contributed by atoms with E-state index in [0.717, 1.165) is 25.8 Å². The topological polar surface area (TPSA) is 20.3 Å². The molecule has 0 radical (unpaired) electrons. The Balaban J connectivity index is 2.15. The normalized spacial score (nSPS) is 23.1. The summed E-state index contributed by atoms with van der Waals surface area (Å²) in [5.74, 6) is 0. The van der Waals surface area contributed by atoms with Crippen molar-refractivity contribution in [1.29, 1.82) is 0 Å². The highest BCUT2D eigenvalue weighted by atomic mass is 32.1. The number of amides is 1. The molecule has 0 bridgehead atoms. The highest BCUT2D eigenvalue weighted by Crippen LogP contribution is 2.32. The van der Waals surface area contributed by atoms with Crippen LogP contribution in [-0.4, -0.2) is 17.9 Å². The van der Waals surface area contributed by atoms with E-state index in [0.29, 0.717) is 6.04 Å². The van der Waals surface area contributed by atoms with Crippen molar-refractivity contribution in [3.8, 4) is 0 Å². The van der Waals surface area contributed by atoms with Gasteiger partial charge in [-0.05, 0) is 30.7 Å². The van der Waals surface area contributed by atoms with Crippen molar-refractivity contribution in [2.75, 3.05) is 6.54 Å². The molecule has 1 amide bonds. The third-order valence-corrected chi connectivity index (χ3v) is 3.52. The second-order valence-electron chi connectivity index (χ2n) is 3.37. The molecule has 2 rings (SSSR count). The molecule has 0 N–H and O–H groups in total. The van der Waals surface area contributed by atoms with Crippen LogP contribution in [0.15, 0.2) is 17.5 Å². The Morgan fingerprint density at radius 3 is 3.15 bits per heavy atom. The van der Waals surface area contributed by atoms with E-state index in [1.54, 1.807) is 11.3 Å². The number of likely N-dealkylation sites (tertiary alicyclic amines) is 1. The number of thiophene rings is 1. The van der Waals surface area contributed by atoms with Crippen molar-refractivity contribution >= 4 is 17.7 Å². The summed E-state index contributed by atoms with van der Waals surface area (Å²) in [6.45, 7) is 0.923. The second-order valence-corrected chi connectivity index (χ2v) is 4.35. The first-order chi connectivity index (χ1) is 6.42. The summed E-state index contributed by atoms with van der Waals surface area (Å²) in [5, 5.41) is 2.08. The zero-order valence-electron chi connectivity index (χ0n) is 7.48. The first-order valence-electron chi connectivity index (χ1n) is 4.66. The average molecular weight is 195 g/mol. The molecule has 70 valence electrons. The lowest BCUT2D eigenvalue weighted by Gasteiger charge is -2.31. The fourth-order valence-corrected chi connectivity index (χ4v) is 2.75. The highest BCUT2D eigenvalue weighted by molar-refractivity contribution is 7.10. The molecule has 1 aromatic heterocycles. The smallest absolute Gasteiger partial charge is 0.210 e. The standard InChI is InChI=1S/C10H13NOS/c12-8-11-6-2-1-4-9(11)10-5-3-7-13-10/h3,5,7-9H,1-2,4,6H2/t9-/m1/s1. The van der Waals surface area contributed by atoms with Gasteiger partial charge >= 0.3 is 0 Å². The molecular weight excluding hydrogens is 182 g/mol. The highest BCUT2D eigenvalue weighted by Gasteiger charge is 2.22. The zero-order chi connectivity index (χ0) is 9.10. The van der Waals surface area contributed by atoms with Crippen LogP contribution in [0.1, 0.15) is 30.2 Å². The molecule has 13 heavy (non-hydrogen) atoms. The van der Waals surface area contributed by atoms with Crippen LogP contribution < -0.4 is 0 Å². The van der Waals surface area contributed by atoms with Gasteiger partial charge in [-0.3, -0.25) is 4.79 Å². The quantitative estimate of drug-likeness (QED) is 0.664. The Labute approximate surface area is 82.2 Å². The minimum atomic E-state index is 0.353. The molecule has 0 spiro atoms. The van der Waals surface area contributed by atoms with E-state index < -0.39 is 0 Å². The number of rotatable bonds is 2. The largest absolute Gasteiger partial charge is 0.337 e. The van der Waals surface area contributed by atoms with Gasteiger partial charge in [-0.2, -0.15) is 0 Å². The molecule has 0 aromatic carbocycles. The molecule has 1 atom stereocenters. The van der Waals surface area contributed by atoms with E-state index in [1.165, 1.54) is 11.3 Å². The molecule has 0 unspecified atom stereocenters. The van der Waals surface area contributed by atoms with Gasteiger partial charge < -0.3 is 4.90 Å². The molecular formula is C10H13NOS. The predicted molar refractivity (Wildman–Crippen MR) is 53.7 cm³/mol. The molecule has 1 fully saturated rings. The molecule has 1 aromatic rings. The number of hydrogen-bond donors (Lipinski definition) is 0. The Morgan fingerprint density at radius 1 is 1.54 bits per heavy atom. The predicted octanol–water partition coefficient (Wildman–Crippen LogP) is 2.43. The molecule has 1 aliphatic heterocycles. The number of nitrogens with zero attached hydrogens (tertiary/aromatic N) is 1. The maximum Gasteiger partial charge on any atom is 0.210 e. The van der Waals surface area contributed by atoms with Gasteiger partial charge in [0, 0.05) is 11.4 Å². The summed E-state index contributed by atoms with van der Waals surface area (Å²) in [6.07, 6.45) is 4.51. The van der Waals surface area contributed by atoms with Crippen LogP contribution in [0.3, 0.4) is 0 Å². The number of piperidine rings is 1. The summed E-state index contributed by atoms with van der Waals surface area (Å²) < 4.78 is 0. The molecule has 1 saturated heterocycles. The number of carbonyl (C=O) groups is 1. The SMILES string of the molecule is O=CN1CCCC[C@@H]1c1cccs1. The van der Waals surface area contributed by atoms with Gasteiger partial charge in [0.25, 0.3) is 0 Å². The van der Waals surface area contributed by atoms with Crippen LogP contribution in [0.25, 0.3) is 0 Å². The van der Waals surface area contributed by atoms with Crippen LogP contribution in [0.4, 0.5) is 0 Å². The van der Waals surface area contributed by atoms with Crippen LogP contribution in [0, 0.1) is 0 Å². The van der Waals surface area contributed by atoms with E-state index in [-0.39, 0.29) is 0 Å². The van der Waals surface area contributed by atoms with Crippen LogP contribution in [0.5, 0.6) is 0 Å². The van der Waals surface area contributed by atoms with Crippen molar-refractivity contribution in [2.45, 2.75) is 25.3 Å². The first-order valence-corrected chi connectivity index (χ1v) is 5.54. The molecule has 2 nitrogen and oxygen atoms in total. The lowest BCUT2D eigenvalue weighted by atomic mass is 10.0. The van der Waals surface area contributed by atoms with Crippen LogP contribution >= 0.6 is 11.3 Å². The number of carbonyl (C=O) groups excluding carboxylic acids is 1. The summed E-state index contributed by atoms with van der Waals surface area (Å²) in [4.78, 5) is 14.0. The summed E-state index contributed by atoms with van der Waals surface area (Å²) >= 11 is 1.75. The lowest BCUT2D eigenvalue weighted by Crippen LogP contribution is -2.31. The van der Waals surface area contributed by atoms with E-state index in [1.807, 2.05) is 4.90 Å². The second kappa shape index (κ2) is 3.92. The van der Waals surface area contributed by atoms with Crippen LogP contribution in [-0.2, 0) is 4.79 Å². The Hall–Kier alpha value is -0.830. The van der Waals surface area contributed by atoms with Crippen molar-refractivity contribution in [1.82, 2.24) is 4.90 Å². The first kappa shape index (κ1) is 8.75. The van der Waals surface area contributed by atoms with E-state index in [4.69, 9.17) is 0 Å². The lowest BCUT2D eigenvalue weighted by molar-refractivity contribution is -0.121. The van der Waals surface area contributed by atoms with Crippen molar-refractivity contribution in [3.63, 3.8) is 0 Å². The maximum atomic E-state index is 10.8. The van der Waals surface area contributed by atoms with Gasteiger partial charge in [0.15, 0.2) is 0 Å².